The maximum atomic E-state index is 13.1. The second kappa shape index (κ2) is 9.63. The first-order valence-corrected chi connectivity index (χ1v) is 10.5. The molecule has 2 aliphatic heterocycles. The van der Waals surface area contributed by atoms with Gasteiger partial charge < -0.3 is 19.7 Å². The second-order valence-corrected chi connectivity index (χ2v) is 8.59. The van der Waals surface area contributed by atoms with E-state index in [1.165, 1.54) is 16.2 Å². The third kappa shape index (κ3) is 4.99. The molecule has 0 radical (unpaired) electrons. The summed E-state index contributed by atoms with van der Waals surface area (Å²) in [7, 11) is 0. The number of fused-ring (bicyclic) bond motifs is 1. The summed E-state index contributed by atoms with van der Waals surface area (Å²) in [5.74, 6) is 2.25. The van der Waals surface area contributed by atoms with Crippen LogP contribution >= 0.6 is 23.7 Å². The lowest BCUT2D eigenvalue weighted by atomic mass is 10.0. The Labute approximate surface area is 176 Å². The molecule has 1 atom stereocenters. The van der Waals surface area contributed by atoms with Crippen molar-refractivity contribution in [3.63, 3.8) is 0 Å². The highest BCUT2D eigenvalue weighted by Crippen LogP contribution is 2.35. The van der Waals surface area contributed by atoms with E-state index in [-0.39, 0.29) is 18.3 Å². The Kier molecular flexibility index (Phi) is 7.21. The summed E-state index contributed by atoms with van der Waals surface area (Å²) in [5.41, 5.74) is 0.875. The normalized spacial score (nSPS) is 17.8. The van der Waals surface area contributed by atoms with E-state index in [9.17, 15) is 4.79 Å². The number of halogens is 1. The van der Waals surface area contributed by atoms with Gasteiger partial charge in [-0.3, -0.25) is 4.79 Å². The summed E-state index contributed by atoms with van der Waals surface area (Å²) in [5, 5.41) is 3.38. The maximum absolute atomic E-state index is 13.1. The monoisotopic (exact) mass is 422 g/mol. The van der Waals surface area contributed by atoms with Crippen molar-refractivity contribution in [3.8, 4) is 11.5 Å². The zero-order chi connectivity index (χ0) is 18.6. The average Bonchev–Trinajstić information content (AvgIpc) is 3.35. The first-order chi connectivity index (χ1) is 13.2. The van der Waals surface area contributed by atoms with Gasteiger partial charge in [0.05, 0.1) is 6.54 Å². The molecule has 0 spiro atoms. The van der Waals surface area contributed by atoms with Crippen LogP contribution < -0.4 is 19.7 Å². The number of nitrogens with one attached hydrogen (secondary N) is 1. The number of hydrogen-bond acceptors (Lipinski definition) is 5. The Morgan fingerprint density at radius 3 is 2.75 bits per heavy atom. The molecule has 1 aromatic heterocycles. The Hall–Kier alpha value is -1.76. The first kappa shape index (κ1) is 21.0. The maximum Gasteiger partial charge on any atom is 0.227 e. The van der Waals surface area contributed by atoms with Gasteiger partial charge in [-0.2, -0.15) is 0 Å². The molecule has 28 heavy (non-hydrogen) atoms. The van der Waals surface area contributed by atoms with E-state index in [0.29, 0.717) is 32.1 Å². The molecule has 2 aromatic rings. The summed E-state index contributed by atoms with van der Waals surface area (Å²) < 4.78 is 11.3. The molecule has 1 N–H and O–H groups in total. The number of carbonyl (C=O) groups excluding carboxylic acids is 1. The van der Waals surface area contributed by atoms with Gasteiger partial charge in [0, 0.05) is 27.9 Å². The van der Waals surface area contributed by atoms with Gasteiger partial charge in [0.2, 0.25) is 5.91 Å². The van der Waals surface area contributed by atoms with Crippen molar-refractivity contribution < 1.29 is 14.3 Å². The highest BCUT2D eigenvalue weighted by atomic mass is 35.5. The van der Waals surface area contributed by atoms with Crippen LogP contribution in [-0.4, -0.2) is 32.2 Å². The standard InChI is InChI=1S/C21H26N2O3S.ClH/c1-15-2-5-18(27-15)14-23(21(24)7-3-16-8-9-22-13-16)17-4-6-19-20(12-17)26-11-10-25-19;/h2,4-6,12,16,22H,3,7-11,13-14H2,1H3;1H. The van der Waals surface area contributed by atoms with Gasteiger partial charge in [0.1, 0.15) is 13.2 Å². The Balaban J connectivity index is 0.00000225. The van der Waals surface area contributed by atoms with Gasteiger partial charge in [-0.15, -0.1) is 23.7 Å². The minimum absolute atomic E-state index is 0. The van der Waals surface area contributed by atoms with Crippen molar-refractivity contribution in [2.24, 2.45) is 5.92 Å². The predicted molar refractivity (Wildman–Crippen MR) is 115 cm³/mol. The summed E-state index contributed by atoms with van der Waals surface area (Å²) in [4.78, 5) is 17.5. The largest absolute Gasteiger partial charge is 0.486 e. The van der Waals surface area contributed by atoms with Crippen LogP contribution in [0, 0.1) is 12.8 Å². The third-order valence-electron chi connectivity index (χ3n) is 5.18. The molecule has 1 unspecified atom stereocenters. The lowest BCUT2D eigenvalue weighted by Gasteiger charge is -2.25. The fourth-order valence-corrected chi connectivity index (χ4v) is 4.55. The number of hydrogen-bond donors (Lipinski definition) is 1. The zero-order valence-electron chi connectivity index (χ0n) is 16.1. The van der Waals surface area contributed by atoms with Crippen LogP contribution in [0.25, 0.3) is 0 Å². The minimum atomic E-state index is 0. The Bertz CT molecular complexity index is 805. The Morgan fingerprint density at radius 1 is 1.21 bits per heavy atom. The third-order valence-corrected chi connectivity index (χ3v) is 6.16. The molecule has 0 bridgehead atoms. The summed E-state index contributed by atoms with van der Waals surface area (Å²) >= 11 is 1.74. The topological polar surface area (TPSA) is 50.8 Å². The van der Waals surface area contributed by atoms with E-state index in [1.54, 1.807) is 11.3 Å². The van der Waals surface area contributed by atoms with Gasteiger partial charge in [0.15, 0.2) is 11.5 Å². The van der Waals surface area contributed by atoms with Crippen LogP contribution in [0.2, 0.25) is 0 Å². The van der Waals surface area contributed by atoms with Crippen LogP contribution in [-0.2, 0) is 11.3 Å². The van der Waals surface area contributed by atoms with E-state index in [4.69, 9.17) is 9.47 Å². The molecular formula is C21H27ClN2O3S. The van der Waals surface area contributed by atoms with Crippen LogP contribution in [0.4, 0.5) is 5.69 Å². The van der Waals surface area contributed by atoms with E-state index >= 15 is 0 Å². The fourth-order valence-electron chi connectivity index (χ4n) is 3.67. The lowest BCUT2D eigenvalue weighted by Crippen LogP contribution is -2.30. The minimum Gasteiger partial charge on any atom is -0.486 e. The Morgan fingerprint density at radius 2 is 2.04 bits per heavy atom. The smallest absolute Gasteiger partial charge is 0.227 e. The van der Waals surface area contributed by atoms with Gasteiger partial charge in [-0.25, -0.2) is 0 Å². The zero-order valence-corrected chi connectivity index (χ0v) is 17.7. The molecule has 0 aliphatic carbocycles. The van der Waals surface area contributed by atoms with Crippen molar-refractivity contribution in [1.82, 2.24) is 5.32 Å². The van der Waals surface area contributed by atoms with Crippen LogP contribution in [0.1, 0.15) is 29.0 Å². The molecule has 1 amide bonds. The molecule has 1 fully saturated rings. The number of amides is 1. The SMILES string of the molecule is Cc1ccc(CN(C(=O)CCC2CCNC2)c2ccc3c(c2)OCCO3)s1.Cl. The lowest BCUT2D eigenvalue weighted by molar-refractivity contribution is -0.119. The highest BCUT2D eigenvalue weighted by molar-refractivity contribution is 7.11. The number of aryl methyl sites for hydroxylation is 1. The van der Waals surface area contributed by atoms with E-state index in [2.05, 4.69) is 24.4 Å². The van der Waals surface area contributed by atoms with Gasteiger partial charge in [-0.05, 0) is 63.0 Å². The average molecular weight is 423 g/mol. The quantitative estimate of drug-likeness (QED) is 0.758. The van der Waals surface area contributed by atoms with Crippen molar-refractivity contribution >= 4 is 35.3 Å². The van der Waals surface area contributed by atoms with Crippen molar-refractivity contribution in [1.29, 1.82) is 0 Å². The van der Waals surface area contributed by atoms with Crippen LogP contribution in [0.15, 0.2) is 30.3 Å². The fraction of sp³-hybridized carbons (Fsp3) is 0.476. The molecular weight excluding hydrogens is 396 g/mol. The second-order valence-electron chi connectivity index (χ2n) is 7.22. The highest BCUT2D eigenvalue weighted by Gasteiger charge is 2.22. The number of thiophene rings is 1. The molecule has 2 aliphatic rings. The summed E-state index contributed by atoms with van der Waals surface area (Å²) in [6.45, 7) is 5.90. The van der Waals surface area contributed by atoms with E-state index in [0.717, 1.165) is 36.7 Å². The van der Waals surface area contributed by atoms with Gasteiger partial charge in [-0.1, -0.05) is 0 Å². The van der Waals surface area contributed by atoms with Gasteiger partial charge >= 0.3 is 0 Å². The molecule has 4 rings (SSSR count). The number of ether oxygens (including phenoxy) is 2. The number of anilines is 1. The number of rotatable bonds is 6. The van der Waals surface area contributed by atoms with Crippen LogP contribution in [0.5, 0.6) is 11.5 Å². The summed E-state index contributed by atoms with van der Waals surface area (Å²) in [6.07, 6.45) is 2.68. The van der Waals surface area contributed by atoms with Crippen molar-refractivity contribution in [3.05, 3.63) is 40.1 Å². The summed E-state index contributed by atoms with van der Waals surface area (Å²) in [6, 6.07) is 10.0. The van der Waals surface area contributed by atoms with E-state index < -0.39 is 0 Å². The van der Waals surface area contributed by atoms with Gasteiger partial charge in [0.25, 0.3) is 0 Å². The van der Waals surface area contributed by atoms with Crippen LogP contribution in [0.3, 0.4) is 0 Å². The molecule has 1 saturated heterocycles. The molecule has 152 valence electrons. The van der Waals surface area contributed by atoms with E-state index in [1.807, 2.05) is 23.1 Å². The predicted octanol–water partition coefficient (Wildman–Crippen LogP) is 4.17. The van der Waals surface area contributed by atoms with Crippen molar-refractivity contribution in [2.45, 2.75) is 32.7 Å². The first-order valence-electron chi connectivity index (χ1n) is 9.65. The number of carbonyl (C=O) groups is 1. The molecule has 5 nitrogen and oxygen atoms in total. The molecule has 3 heterocycles. The number of nitrogens with zero attached hydrogens (tertiary/aromatic N) is 1. The number of benzene rings is 1. The molecule has 7 heteroatoms. The molecule has 0 saturated carbocycles. The van der Waals surface area contributed by atoms with Crippen molar-refractivity contribution in [2.75, 3.05) is 31.2 Å². The molecule has 1 aromatic carbocycles.